The van der Waals surface area contributed by atoms with Crippen molar-refractivity contribution in [2.75, 3.05) is 72.5 Å². The van der Waals surface area contributed by atoms with E-state index in [9.17, 15) is 8.42 Å². The van der Waals surface area contributed by atoms with E-state index in [2.05, 4.69) is 26.6 Å². The van der Waals surface area contributed by atoms with Crippen molar-refractivity contribution in [2.24, 2.45) is 0 Å². The highest BCUT2D eigenvalue weighted by Gasteiger charge is 2.22. The average molecular weight is 397 g/mol. The van der Waals surface area contributed by atoms with Gasteiger partial charge in [-0.15, -0.1) is 11.6 Å². The molecular weight excluding hydrogens is 364 g/mol. The minimum absolute atomic E-state index is 0. The van der Waals surface area contributed by atoms with E-state index in [0.717, 1.165) is 71.9 Å². The second-order valence-electron chi connectivity index (χ2n) is 6.82. The van der Waals surface area contributed by atoms with Crippen LogP contribution >= 0.6 is 11.6 Å². The fourth-order valence-electron chi connectivity index (χ4n) is 3.39. The molecule has 7 nitrogen and oxygen atoms in total. The highest BCUT2D eigenvalue weighted by Crippen LogP contribution is 2.14. The predicted molar refractivity (Wildman–Crippen MR) is 104 cm³/mol. The molecule has 3 atom stereocenters. The van der Waals surface area contributed by atoms with Crippen LogP contribution in [0.5, 0.6) is 0 Å². The van der Waals surface area contributed by atoms with Crippen LogP contribution < -0.4 is 0 Å². The molecule has 25 heavy (non-hydrogen) atoms. The van der Waals surface area contributed by atoms with E-state index in [-0.39, 0.29) is 11.0 Å². The first-order valence-electron chi connectivity index (χ1n) is 8.97. The zero-order valence-corrected chi connectivity index (χ0v) is 16.8. The van der Waals surface area contributed by atoms with Crippen LogP contribution in [0.25, 0.3) is 0 Å². The summed E-state index contributed by atoms with van der Waals surface area (Å²) in [5.74, 6) is 0. The SMILES string of the molecule is CN1CCCN2CCN(CCC=S(=O)=O)CCC(Cl)N(CC1)CC2.O. The molecule has 0 aromatic carbocycles. The van der Waals surface area contributed by atoms with Crippen molar-refractivity contribution in [3.05, 3.63) is 0 Å². The Morgan fingerprint density at radius 1 is 1.00 bits per heavy atom. The largest absolute Gasteiger partial charge is 0.412 e. The molecule has 2 rings (SSSR count). The quantitative estimate of drug-likeness (QED) is 0.361. The molecule has 0 amide bonds. The van der Waals surface area contributed by atoms with Gasteiger partial charge >= 0.3 is 0 Å². The molecule has 3 unspecified atom stereocenters. The molecule has 9 heteroatoms. The molecule has 2 aliphatic rings. The van der Waals surface area contributed by atoms with Crippen LogP contribution in [0.3, 0.4) is 0 Å². The van der Waals surface area contributed by atoms with Crippen LogP contribution in [0.2, 0.25) is 0 Å². The highest BCUT2D eigenvalue weighted by atomic mass is 35.5. The molecule has 2 N–H and O–H groups in total. The number of likely N-dealkylation sites (N-methyl/N-ethyl adjacent to an activating group) is 1. The maximum Gasteiger partial charge on any atom is 0.209 e. The van der Waals surface area contributed by atoms with Gasteiger partial charge in [-0.05, 0) is 39.4 Å². The third-order valence-electron chi connectivity index (χ3n) is 5.00. The van der Waals surface area contributed by atoms with E-state index in [1.807, 2.05) is 0 Å². The number of hydrogen-bond donors (Lipinski definition) is 0. The second kappa shape index (κ2) is 12.2. The van der Waals surface area contributed by atoms with E-state index in [0.29, 0.717) is 6.42 Å². The minimum atomic E-state index is -2.06. The lowest BCUT2D eigenvalue weighted by Crippen LogP contribution is -2.48. The lowest BCUT2D eigenvalue weighted by atomic mass is 10.2. The number of alkyl halides is 1. The molecule has 0 aromatic heterocycles. The summed E-state index contributed by atoms with van der Waals surface area (Å²) in [7, 11) is 0.136. The first-order valence-corrected chi connectivity index (χ1v) is 10.5. The summed E-state index contributed by atoms with van der Waals surface area (Å²) >= 11 is 6.68. The standard InChI is InChI=1S/C16H31ClN4O2S.H2O/c1-18-5-2-6-20-11-10-19(7-3-15-24(22)23)8-4-16(17)21(13-9-18)14-12-20;/h15-16H,2-14H2,1H3;1H2. The molecule has 0 spiro atoms. The van der Waals surface area contributed by atoms with Gasteiger partial charge in [-0.25, -0.2) is 0 Å². The number of fused-ring (bicyclic) bond motifs is 3. The Bertz CT molecular complexity index is 496. The van der Waals surface area contributed by atoms with Crippen molar-refractivity contribution < 1.29 is 13.9 Å². The van der Waals surface area contributed by atoms with Crippen LogP contribution in [0.4, 0.5) is 0 Å². The first kappa shape index (κ1) is 22.8. The van der Waals surface area contributed by atoms with Gasteiger partial charge in [0, 0.05) is 57.7 Å². The zero-order chi connectivity index (χ0) is 17.4. The molecule has 2 fully saturated rings. The van der Waals surface area contributed by atoms with Crippen molar-refractivity contribution in [1.82, 2.24) is 19.6 Å². The van der Waals surface area contributed by atoms with Crippen molar-refractivity contribution >= 4 is 27.3 Å². The lowest BCUT2D eigenvalue weighted by molar-refractivity contribution is 0.118. The third kappa shape index (κ3) is 8.81. The van der Waals surface area contributed by atoms with Crippen molar-refractivity contribution in [2.45, 2.75) is 24.8 Å². The third-order valence-corrected chi connectivity index (χ3v) is 6.00. The predicted octanol–water partition coefficient (Wildman–Crippen LogP) is -0.557. The maximum absolute atomic E-state index is 10.7. The summed E-state index contributed by atoms with van der Waals surface area (Å²) in [6.07, 6.45) is 2.70. The van der Waals surface area contributed by atoms with Gasteiger partial charge in [0.05, 0.1) is 5.50 Å². The van der Waals surface area contributed by atoms with Gasteiger partial charge in [0.1, 0.15) is 0 Å². The van der Waals surface area contributed by atoms with Crippen LogP contribution in [-0.2, 0) is 10.3 Å². The van der Waals surface area contributed by atoms with Gasteiger partial charge in [0.25, 0.3) is 0 Å². The van der Waals surface area contributed by atoms with E-state index in [4.69, 9.17) is 11.6 Å². The minimum Gasteiger partial charge on any atom is -0.412 e. The Balaban J connectivity index is 0.00000312. The lowest BCUT2D eigenvalue weighted by Gasteiger charge is -2.37. The van der Waals surface area contributed by atoms with Crippen LogP contribution in [0, 0.1) is 0 Å². The van der Waals surface area contributed by atoms with Gasteiger partial charge in [-0.3, -0.25) is 4.90 Å². The van der Waals surface area contributed by atoms with Crippen molar-refractivity contribution in [1.29, 1.82) is 0 Å². The summed E-state index contributed by atoms with van der Waals surface area (Å²) in [4.78, 5) is 9.69. The van der Waals surface area contributed by atoms with Crippen LogP contribution in [0.15, 0.2) is 0 Å². The molecular formula is C16H33ClN4O3S. The number of halogens is 1. The van der Waals surface area contributed by atoms with Crippen molar-refractivity contribution in [3.8, 4) is 0 Å². The van der Waals surface area contributed by atoms with Gasteiger partial charge in [0.2, 0.25) is 10.3 Å². The highest BCUT2D eigenvalue weighted by molar-refractivity contribution is 7.71. The zero-order valence-electron chi connectivity index (χ0n) is 15.2. The fraction of sp³-hybridized carbons (Fsp3) is 0.938. The molecule has 2 bridgehead atoms. The molecule has 0 aromatic rings. The second-order valence-corrected chi connectivity index (χ2v) is 8.17. The molecule has 2 heterocycles. The number of rotatable bonds is 3. The Labute approximate surface area is 158 Å². The number of nitrogens with zero attached hydrogens (tertiary/aromatic N) is 4. The molecule has 0 saturated carbocycles. The number of hydrogen-bond acceptors (Lipinski definition) is 6. The summed E-state index contributed by atoms with van der Waals surface area (Å²) in [5.41, 5.74) is 0.0536. The van der Waals surface area contributed by atoms with Gasteiger partial charge < -0.3 is 20.2 Å². The topological polar surface area (TPSA) is 78.6 Å². The van der Waals surface area contributed by atoms with Crippen LogP contribution in [-0.4, -0.2) is 117 Å². The monoisotopic (exact) mass is 396 g/mol. The van der Waals surface area contributed by atoms with Crippen molar-refractivity contribution in [3.63, 3.8) is 0 Å². The average Bonchev–Trinajstić information content (AvgIpc) is 2.55. The summed E-state index contributed by atoms with van der Waals surface area (Å²) in [6.45, 7) is 10.2. The normalized spacial score (nSPS) is 30.2. The maximum atomic E-state index is 10.7. The Morgan fingerprint density at radius 3 is 2.48 bits per heavy atom. The smallest absolute Gasteiger partial charge is 0.209 e. The summed E-state index contributed by atoms with van der Waals surface area (Å²) < 4.78 is 21.4. The van der Waals surface area contributed by atoms with Gasteiger partial charge in [-0.1, -0.05) is 0 Å². The Kier molecular flexibility index (Phi) is 11.2. The fourth-order valence-corrected chi connectivity index (χ4v) is 3.98. The summed E-state index contributed by atoms with van der Waals surface area (Å²) in [6, 6.07) is 0. The summed E-state index contributed by atoms with van der Waals surface area (Å²) in [5, 5.41) is 1.36. The molecule has 0 aliphatic carbocycles. The molecule has 2 aliphatic heterocycles. The van der Waals surface area contributed by atoms with E-state index in [1.54, 1.807) is 0 Å². The Morgan fingerprint density at radius 2 is 1.72 bits per heavy atom. The van der Waals surface area contributed by atoms with Crippen LogP contribution in [0.1, 0.15) is 19.3 Å². The van der Waals surface area contributed by atoms with E-state index < -0.39 is 10.3 Å². The van der Waals surface area contributed by atoms with E-state index >= 15 is 0 Å². The van der Waals surface area contributed by atoms with Gasteiger partial charge in [-0.2, -0.15) is 8.42 Å². The molecule has 0 radical (unpaired) electrons. The molecule has 2 saturated heterocycles. The first-order chi connectivity index (χ1) is 11.5. The Hall–Kier alpha value is -0.220. The molecule has 148 valence electrons. The van der Waals surface area contributed by atoms with E-state index in [1.165, 1.54) is 11.8 Å². The van der Waals surface area contributed by atoms with Gasteiger partial charge in [0.15, 0.2) is 0 Å².